The lowest BCUT2D eigenvalue weighted by atomic mass is 10.2. The van der Waals surface area contributed by atoms with E-state index in [1.165, 1.54) is 24.4 Å². The number of nitrogens with one attached hydrogen (secondary N) is 2. The Morgan fingerprint density at radius 3 is 2.48 bits per heavy atom. The molecule has 2 rings (SSSR count). The van der Waals surface area contributed by atoms with Crippen molar-refractivity contribution in [2.24, 2.45) is 5.10 Å². The molecule has 0 radical (unpaired) electrons. The third kappa shape index (κ3) is 5.06. The molecule has 0 spiro atoms. The predicted molar refractivity (Wildman–Crippen MR) is 95.0 cm³/mol. The molecule has 0 bridgehead atoms. The number of carbonyl (C=O) groups is 2. The normalized spacial score (nSPS) is 10.6. The number of hydrogen-bond donors (Lipinski definition) is 2. The Labute approximate surface area is 150 Å². The highest BCUT2D eigenvalue weighted by Gasteiger charge is 2.13. The zero-order valence-electron chi connectivity index (χ0n) is 11.5. The van der Waals surface area contributed by atoms with Crippen molar-refractivity contribution in [2.45, 2.75) is 0 Å². The third-order valence-corrected chi connectivity index (χ3v) is 4.12. The molecule has 2 aromatic rings. The maximum absolute atomic E-state index is 11.7. The highest BCUT2D eigenvalue weighted by atomic mass is 79.9. The number of nitrogens with zero attached hydrogens (tertiary/aromatic N) is 1. The molecule has 0 heterocycles. The molecule has 0 aromatic heterocycles. The van der Waals surface area contributed by atoms with Crippen LogP contribution in [0.3, 0.4) is 0 Å². The van der Waals surface area contributed by atoms with Crippen molar-refractivity contribution in [2.75, 3.05) is 5.32 Å². The van der Waals surface area contributed by atoms with Crippen molar-refractivity contribution < 1.29 is 9.59 Å². The van der Waals surface area contributed by atoms with Crippen LogP contribution in [0.1, 0.15) is 5.56 Å². The number of hydrazone groups is 1. The molecule has 2 N–H and O–H groups in total. The fourth-order valence-electron chi connectivity index (χ4n) is 1.55. The Morgan fingerprint density at radius 2 is 1.78 bits per heavy atom. The predicted octanol–water partition coefficient (Wildman–Crippen LogP) is 3.84. The molecule has 8 heteroatoms. The average molecular weight is 415 g/mol. The highest BCUT2D eigenvalue weighted by Crippen LogP contribution is 2.24. The van der Waals surface area contributed by atoms with Gasteiger partial charge in [0.2, 0.25) is 0 Å². The van der Waals surface area contributed by atoms with Gasteiger partial charge in [-0.1, -0.05) is 57.3 Å². The Morgan fingerprint density at radius 1 is 1.04 bits per heavy atom. The van der Waals surface area contributed by atoms with Gasteiger partial charge in [-0.3, -0.25) is 9.59 Å². The van der Waals surface area contributed by atoms with Crippen molar-refractivity contribution in [3.8, 4) is 0 Å². The van der Waals surface area contributed by atoms with E-state index in [0.29, 0.717) is 10.7 Å². The minimum absolute atomic E-state index is 0.275. The number of carbonyl (C=O) groups excluding carboxylic acids is 2. The molecule has 118 valence electrons. The van der Waals surface area contributed by atoms with Crippen molar-refractivity contribution in [3.05, 3.63) is 62.5 Å². The second kappa shape index (κ2) is 8.10. The van der Waals surface area contributed by atoms with E-state index in [4.69, 9.17) is 23.2 Å². The molecule has 0 unspecified atom stereocenters. The quantitative estimate of drug-likeness (QED) is 0.455. The summed E-state index contributed by atoms with van der Waals surface area (Å²) >= 11 is 14.9. The van der Waals surface area contributed by atoms with E-state index in [-0.39, 0.29) is 5.02 Å². The molecular weight excluding hydrogens is 405 g/mol. The van der Waals surface area contributed by atoms with Crippen LogP contribution in [0.15, 0.2) is 52.0 Å². The molecule has 5 nitrogen and oxygen atoms in total. The van der Waals surface area contributed by atoms with Crippen LogP contribution in [-0.2, 0) is 9.59 Å². The minimum Gasteiger partial charge on any atom is -0.318 e. The minimum atomic E-state index is -0.903. The van der Waals surface area contributed by atoms with Crippen LogP contribution in [0.2, 0.25) is 10.0 Å². The number of anilines is 1. The van der Waals surface area contributed by atoms with Gasteiger partial charge in [0, 0.05) is 15.7 Å². The second-order valence-electron chi connectivity index (χ2n) is 4.30. The summed E-state index contributed by atoms with van der Waals surface area (Å²) in [7, 11) is 0. The first kappa shape index (κ1) is 17.5. The lowest BCUT2D eigenvalue weighted by Gasteiger charge is -2.05. The SMILES string of the molecule is O=C(NN=Cc1ccccc1Br)C(=O)Nc1ccc(Cl)c(Cl)c1. The van der Waals surface area contributed by atoms with Crippen LogP contribution < -0.4 is 10.7 Å². The van der Waals surface area contributed by atoms with E-state index in [0.717, 1.165) is 10.0 Å². The van der Waals surface area contributed by atoms with E-state index < -0.39 is 11.8 Å². The average Bonchev–Trinajstić information content (AvgIpc) is 2.52. The van der Waals surface area contributed by atoms with Crippen LogP contribution in [-0.4, -0.2) is 18.0 Å². The van der Waals surface area contributed by atoms with Gasteiger partial charge in [0.15, 0.2) is 0 Å². The lowest BCUT2D eigenvalue weighted by Crippen LogP contribution is -2.32. The van der Waals surface area contributed by atoms with Crippen LogP contribution in [0.4, 0.5) is 5.69 Å². The van der Waals surface area contributed by atoms with Crippen LogP contribution in [0, 0.1) is 0 Å². The topological polar surface area (TPSA) is 70.6 Å². The summed E-state index contributed by atoms with van der Waals surface area (Å²) in [6.45, 7) is 0. The van der Waals surface area contributed by atoms with E-state index in [9.17, 15) is 9.59 Å². The van der Waals surface area contributed by atoms with Gasteiger partial charge < -0.3 is 5.32 Å². The van der Waals surface area contributed by atoms with Crippen molar-refractivity contribution in [1.29, 1.82) is 0 Å². The summed E-state index contributed by atoms with van der Waals surface area (Å²) in [6.07, 6.45) is 1.43. The zero-order valence-corrected chi connectivity index (χ0v) is 14.6. The van der Waals surface area contributed by atoms with E-state index in [1.54, 1.807) is 6.07 Å². The molecule has 2 amide bonds. The molecule has 0 saturated carbocycles. The monoisotopic (exact) mass is 413 g/mol. The van der Waals surface area contributed by atoms with Gasteiger partial charge in [0.25, 0.3) is 0 Å². The van der Waals surface area contributed by atoms with E-state index in [2.05, 4.69) is 31.8 Å². The Hall–Kier alpha value is -1.89. The standard InChI is InChI=1S/C15H10BrCl2N3O2/c16-11-4-2-1-3-9(11)8-19-21-15(23)14(22)20-10-5-6-12(17)13(18)7-10/h1-8H,(H,20,22)(H,21,23). The highest BCUT2D eigenvalue weighted by molar-refractivity contribution is 9.10. The summed E-state index contributed by atoms with van der Waals surface area (Å²) in [5.41, 5.74) is 3.26. The first-order chi connectivity index (χ1) is 11.0. The van der Waals surface area contributed by atoms with Gasteiger partial charge in [-0.2, -0.15) is 5.10 Å². The molecule has 2 aromatic carbocycles. The molecular formula is C15H10BrCl2N3O2. The molecule has 0 aliphatic carbocycles. The molecule has 23 heavy (non-hydrogen) atoms. The maximum atomic E-state index is 11.7. The molecule has 0 aliphatic rings. The Kier molecular flexibility index (Phi) is 6.15. The number of amides is 2. The molecule has 0 atom stereocenters. The number of rotatable bonds is 3. The van der Waals surface area contributed by atoms with Crippen LogP contribution >= 0.6 is 39.1 Å². The largest absolute Gasteiger partial charge is 0.329 e. The van der Waals surface area contributed by atoms with Crippen LogP contribution in [0.5, 0.6) is 0 Å². The van der Waals surface area contributed by atoms with Gasteiger partial charge in [0.05, 0.1) is 16.3 Å². The summed E-state index contributed by atoms with van der Waals surface area (Å²) in [4.78, 5) is 23.4. The summed E-state index contributed by atoms with van der Waals surface area (Å²) < 4.78 is 0.818. The Bertz CT molecular complexity index is 781. The van der Waals surface area contributed by atoms with Gasteiger partial charge in [-0.05, 0) is 24.3 Å². The number of halogens is 3. The van der Waals surface area contributed by atoms with Gasteiger partial charge in [-0.15, -0.1) is 0 Å². The molecule has 0 aliphatic heterocycles. The number of benzene rings is 2. The smallest absolute Gasteiger partial charge is 0.318 e. The maximum Gasteiger partial charge on any atom is 0.329 e. The van der Waals surface area contributed by atoms with E-state index >= 15 is 0 Å². The summed E-state index contributed by atoms with van der Waals surface area (Å²) in [5, 5.41) is 6.76. The second-order valence-corrected chi connectivity index (χ2v) is 5.97. The first-order valence-electron chi connectivity index (χ1n) is 6.31. The Balaban J connectivity index is 1.94. The fraction of sp³-hybridized carbons (Fsp3) is 0. The number of hydrogen-bond acceptors (Lipinski definition) is 3. The van der Waals surface area contributed by atoms with Gasteiger partial charge in [0.1, 0.15) is 0 Å². The van der Waals surface area contributed by atoms with Crippen molar-refractivity contribution in [3.63, 3.8) is 0 Å². The fourth-order valence-corrected chi connectivity index (χ4v) is 2.24. The van der Waals surface area contributed by atoms with Crippen molar-refractivity contribution >= 4 is 62.8 Å². The lowest BCUT2D eigenvalue weighted by molar-refractivity contribution is -0.136. The first-order valence-corrected chi connectivity index (χ1v) is 7.86. The molecule has 0 saturated heterocycles. The summed E-state index contributed by atoms with van der Waals surface area (Å²) in [5.74, 6) is -1.77. The van der Waals surface area contributed by atoms with E-state index in [1.807, 2.05) is 18.2 Å². The third-order valence-electron chi connectivity index (χ3n) is 2.66. The van der Waals surface area contributed by atoms with Crippen molar-refractivity contribution in [1.82, 2.24) is 5.43 Å². The molecule has 0 fully saturated rings. The summed E-state index contributed by atoms with van der Waals surface area (Å²) in [6, 6.07) is 11.8. The van der Waals surface area contributed by atoms with Crippen LogP contribution in [0.25, 0.3) is 0 Å². The van der Waals surface area contributed by atoms with Gasteiger partial charge >= 0.3 is 11.8 Å². The zero-order chi connectivity index (χ0) is 16.8. The van der Waals surface area contributed by atoms with Gasteiger partial charge in [-0.25, -0.2) is 5.43 Å².